The Morgan fingerprint density at radius 2 is 1.75 bits per heavy atom. The topological polar surface area (TPSA) is 126 Å². The smallest absolute Gasteiger partial charge is 0.227 e. The van der Waals surface area contributed by atoms with Gasteiger partial charge in [-0.2, -0.15) is 4.98 Å². The third-order valence-electron chi connectivity index (χ3n) is 5.67. The highest BCUT2D eigenvalue weighted by molar-refractivity contribution is 5.94. The van der Waals surface area contributed by atoms with Crippen molar-refractivity contribution in [2.75, 3.05) is 10.6 Å². The predicted octanol–water partition coefficient (Wildman–Crippen LogP) is 3.59. The van der Waals surface area contributed by atoms with Crippen LogP contribution in [0.2, 0.25) is 0 Å². The van der Waals surface area contributed by atoms with E-state index in [-0.39, 0.29) is 24.1 Å². The summed E-state index contributed by atoms with van der Waals surface area (Å²) in [5, 5.41) is 12.8. The van der Waals surface area contributed by atoms with Gasteiger partial charge in [0.2, 0.25) is 23.6 Å². The zero-order valence-electron chi connectivity index (χ0n) is 18.9. The van der Waals surface area contributed by atoms with Crippen LogP contribution in [0.1, 0.15) is 76.1 Å². The molecule has 2 aromatic rings. The van der Waals surface area contributed by atoms with Gasteiger partial charge in [0, 0.05) is 38.1 Å². The number of aromatic nitrogens is 2. The maximum Gasteiger partial charge on any atom is 0.227 e. The highest BCUT2D eigenvalue weighted by atomic mass is 16.5. The first-order valence-corrected chi connectivity index (χ1v) is 11.1. The van der Waals surface area contributed by atoms with E-state index in [1.165, 1.54) is 13.8 Å². The molecule has 0 atom stereocenters. The van der Waals surface area contributed by atoms with Crippen molar-refractivity contribution in [1.29, 1.82) is 0 Å². The van der Waals surface area contributed by atoms with Gasteiger partial charge in [0.25, 0.3) is 0 Å². The van der Waals surface area contributed by atoms with Crippen molar-refractivity contribution in [3.63, 3.8) is 0 Å². The minimum atomic E-state index is -0.603. The summed E-state index contributed by atoms with van der Waals surface area (Å²) in [6.07, 6.45) is 6.22. The zero-order chi connectivity index (χ0) is 23.1. The Labute approximate surface area is 187 Å². The van der Waals surface area contributed by atoms with Crippen LogP contribution in [0.25, 0.3) is 0 Å². The Bertz CT molecular complexity index is 977. The molecule has 0 unspecified atom stereocenters. The standard InChI is InChI=1S/C23H31N5O4/c1-15-8-9-18(14-19(15)24-16(2)29)25-20(31)10-11-21-26-22(28-32-21)23(27-17(3)30)12-6-4-5-7-13-23/h8-9,14H,4-7,10-13H2,1-3H3,(H,24,29)(H,25,31)(H,27,30). The van der Waals surface area contributed by atoms with E-state index in [2.05, 4.69) is 26.1 Å². The van der Waals surface area contributed by atoms with E-state index < -0.39 is 5.54 Å². The van der Waals surface area contributed by atoms with E-state index in [9.17, 15) is 14.4 Å². The third kappa shape index (κ3) is 6.15. The molecule has 1 saturated carbocycles. The van der Waals surface area contributed by atoms with Crippen molar-refractivity contribution < 1.29 is 18.9 Å². The molecule has 0 bridgehead atoms. The van der Waals surface area contributed by atoms with Gasteiger partial charge >= 0.3 is 0 Å². The van der Waals surface area contributed by atoms with Crippen LogP contribution in [-0.2, 0) is 26.3 Å². The lowest BCUT2D eigenvalue weighted by atomic mass is 9.89. The molecule has 1 aliphatic rings. The SMILES string of the molecule is CC(=O)Nc1cc(NC(=O)CCc2nc(C3(NC(C)=O)CCCCCC3)no2)ccc1C. The van der Waals surface area contributed by atoms with E-state index in [1.807, 2.05) is 13.0 Å². The molecule has 9 heteroatoms. The summed E-state index contributed by atoms with van der Waals surface area (Å²) in [7, 11) is 0. The van der Waals surface area contributed by atoms with Crippen LogP contribution in [0.5, 0.6) is 0 Å². The van der Waals surface area contributed by atoms with Gasteiger partial charge in [-0.15, -0.1) is 0 Å². The van der Waals surface area contributed by atoms with Crippen molar-refractivity contribution in [3.8, 4) is 0 Å². The van der Waals surface area contributed by atoms with E-state index in [0.717, 1.165) is 44.1 Å². The Balaban J connectivity index is 1.62. The molecule has 3 amide bonds. The van der Waals surface area contributed by atoms with Gasteiger partial charge in [0.1, 0.15) is 5.54 Å². The van der Waals surface area contributed by atoms with Crippen LogP contribution in [0, 0.1) is 6.92 Å². The second-order valence-corrected chi connectivity index (χ2v) is 8.45. The van der Waals surface area contributed by atoms with Crippen molar-refractivity contribution in [2.45, 2.75) is 77.7 Å². The quantitative estimate of drug-likeness (QED) is 0.564. The van der Waals surface area contributed by atoms with E-state index >= 15 is 0 Å². The van der Waals surface area contributed by atoms with Crippen molar-refractivity contribution in [3.05, 3.63) is 35.5 Å². The fourth-order valence-electron chi connectivity index (χ4n) is 4.09. The fraction of sp³-hybridized carbons (Fsp3) is 0.522. The minimum absolute atomic E-state index is 0.116. The van der Waals surface area contributed by atoms with Crippen molar-refractivity contribution >= 4 is 29.1 Å². The Morgan fingerprint density at radius 1 is 1.03 bits per heavy atom. The molecule has 172 valence electrons. The average Bonchev–Trinajstić information content (AvgIpc) is 3.08. The summed E-state index contributed by atoms with van der Waals surface area (Å²) >= 11 is 0. The molecule has 0 aliphatic heterocycles. The van der Waals surface area contributed by atoms with E-state index in [1.54, 1.807) is 12.1 Å². The number of anilines is 2. The summed E-state index contributed by atoms with van der Waals surface area (Å²) in [6, 6.07) is 5.34. The molecular formula is C23H31N5O4. The lowest BCUT2D eigenvalue weighted by molar-refractivity contribution is -0.121. The number of hydrogen-bond acceptors (Lipinski definition) is 6. The minimum Gasteiger partial charge on any atom is -0.343 e. The molecule has 0 saturated heterocycles. The summed E-state index contributed by atoms with van der Waals surface area (Å²) in [6.45, 7) is 4.82. The molecule has 3 rings (SSSR count). The number of hydrogen-bond donors (Lipinski definition) is 3. The Morgan fingerprint density at radius 3 is 2.41 bits per heavy atom. The van der Waals surface area contributed by atoms with Gasteiger partial charge < -0.3 is 20.5 Å². The zero-order valence-corrected chi connectivity index (χ0v) is 18.9. The van der Waals surface area contributed by atoms with E-state index in [4.69, 9.17) is 4.52 Å². The number of nitrogens with one attached hydrogen (secondary N) is 3. The molecule has 1 aromatic carbocycles. The summed E-state index contributed by atoms with van der Waals surface area (Å²) in [4.78, 5) is 40.1. The Kier molecular flexibility index (Phi) is 7.61. The van der Waals surface area contributed by atoms with Crippen LogP contribution < -0.4 is 16.0 Å². The molecule has 0 spiro atoms. The highest BCUT2D eigenvalue weighted by Gasteiger charge is 2.38. The number of nitrogens with zero attached hydrogens (tertiary/aromatic N) is 2. The number of amides is 3. The van der Waals surface area contributed by atoms with Gasteiger partial charge in [-0.1, -0.05) is 36.9 Å². The van der Waals surface area contributed by atoms with Crippen LogP contribution in [-0.4, -0.2) is 27.9 Å². The summed E-state index contributed by atoms with van der Waals surface area (Å²) < 4.78 is 5.40. The van der Waals surface area contributed by atoms with Crippen LogP contribution in [0.4, 0.5) is 11.4 Å². The molecule has 9 nitrogen and oxygen atoms in total. The number of benzene rings is 1. The largest absolute Gasteiger partial charge is 0.343 e. The molecule has 1 heterocycles. The molecule has 1 aromatic heterocycles. The monoisotopic (exact) mass is 441 g/mol. The van der Waals surface area contributed by atoms with Crippen molar-refractivity contribution in [1.82, 2.24) is 15.5 Å². The molecule has 1 fully saturated rings. The average molecular weight is 442 g/mol. The highest BCUT2D eigenvalue weighted by Crippen LogP contribution is 2.34. The number of carbonyl (C=O) groups excluding carboxylic acids is 3. The maximum absolute atomic E-state index is 12.4. The van der Waals surface area contributed by atoms with E-state index in [0.29, 0.717) is 29.5 Å². The predicted molar refractivity (Wildman–Crippen MR) is 120 cm³/mol. The Hall–Kier alpha value is -3.23. The van der Waals surface area contributed by atoms with Crippen LogP contribution in [0.3, 0.4) is 0 Å². The fourth-order valence-corrected chi connectivity index (χ4v) is 4.09. The van der Waals surface area contributed by atoms with Gasteiger partial charge in [0.15, 0.2) is 5.82 Å². The van der Waals surface area contributed by atoms with Gasteiger partial charge in [-0.25, -0.2) is 0 Å². The number of aryl methyl sites for hydroxylation is 2. The van der Waals surface area contributed by atoms with Gasteiger partial charge in [0.05, 0.1) is 0 Å². The first-order chi connectivity index (χ1) is 15.3. The number of rotatable bonds is 7. The molecule has 32 heavy (non-hydrogen) atoms. The summed E-state index contributed by atoms with van der Waals surface area (Å²) in [5.74, 6) is 0.368. The van der Waals surface area contributed by atoms with Crippen molar-refractivity contribution in [2.24, 2.45) is 0 Å². The third-order valence-corrected chi connectivity index (χ3v) is 5.67. The maximum atomic E-state index is 12.4. The molecular weight excluding hydrogens is 410 g/mol. The second kappa shape index (κ2) is 10.4. The first kappa shape index (κ1) is 23.4. The number of carbonyl (C=O) groups is 3. The molecule has 0 radical (unpaired) electrons. The first-order valence-electron chi connectivity index (χ1n) is 11.1. The molecule has 3 N–H and O–H groups in total. The van der Waals surface area contributed by atoms with Crippen LogP contribution in [0.15, 0.2) is 22.7 Å². The second-order valence-electron chi connectivity index (χ2n) is 8.45. The lowest BCUT2D eigenvalue weighted by Crippen LogP contribution is -2.45. The normalized spacial score (nSPS) is 15.5. The summed E-state index contributed by atoms with van der Waals surface area (Å²) in [5.41, 5.74) is 1.55. The van der Waals surface area contributed by atoms with Gasteiger partial charge in [-0.05, 0) is 37.5 Å². The molecule has 1 aliphatic carbocycles. The lowest BCUT2D eigenvalue weighted by Gasteiger charge is -2.30. The van der Waals surface area contributed by atoms with Crippen LogP contribution >= 0.6 is 0 Å². The van der Waals surface area contributed by atoms with Gasteiger partial charge in [-0.3, -0.25) is 14.4 Å².